The first-order valence-corrected chi connectivity index (χ1v) is 4.97. The Labute approximate surface area is 97.3 Å². The second-order valence-corrected chi connectivity index (χ2v) is 3.59. The van der Waals surface area contributed by atoms with Crippen LogP contribution in [0.2, 0.25) is 0 Å². The van der Waals surface area contributed by atoms with E-state index < -0.39 is 5.97 Å². The number of benzene rings is 1. The SMILES string of the molecule is Cc1ccccc1-n1cc(C=O)c(C(=O)O)n1. The Morgan fingerprint density at radius 2 is 2.12 bits per heavy atom. The number of aryl methyl sites for hydroxylation is 1. The molecule has 0 atom stereocenters. The number of rotatable bonds is 3. The normalized spacial score (nSPS) is 10.2. The summed E-state index contributed by atoms with van der Waals surface area (Å²) in [6, 6.07) is 7.40. The molecular weight excluding hydrogens is 220 g/mol. The first-order valence-electron chi connectivity index (χ1n) is 4.97. The van der Waals surface area contributed by atoms with Crippen LogP contribution < -0.4 is 0 Å². The molecule has 5 nitrogen and oxygen atoms in total. The molecule has 2 rings (SSSR count). The second-order valence-electron chi connectivity index (χ2n) is 3.59. The molecule has 5 heteroatoms. The number of hydrogen-bond donors (Lipinski definition) is 1. The Hall–Kier alpha value is -2.43. The molecule has 1 N–H and O–H groups in total. The zero-order valence-corrected chi connectivity index (χ0v) is 9.12. The summed E-state index contributed by atoms with van der Waals surface area (Å²) in [5, 5.41) is 12.8. The number of hydrogen-bond acceptors (Lipinski definition) is 3. The number of nitrogens with zero attached hydrogens (tertiary/aromatic N) is 2. The summed E-state index contributed by atoms with van der Waals surface area (Å²) in [5.41, 5.74) is 1.54. The van der Waals surface area contributed by atoms with Crippen molar-refractivity contribution in [2.45, 2.75) is 6.92 Å². The van der Waals surface area contributed by atoms with Gasteiger partial charge in [0.15, 0.2) is 12.0 Å². The van der Waals surface area contributed by atoms with E-state index in [9.17, 15) is 9.59 Å². The van der Waals surface area contributed by atoms with E-state index in [1.54, 1.807) is 0 Å². The minimum atomic E-state index is -1.21. The molecule has 0 bridgehead atoms. The van der Waals surface area contributed by atoms with Crippen molar-refractivity contribution in [1.29, 1.82) is 0 Å². The van der Waals surface area contributed by atoms with E-state index in [0.29, 0.717) is 6.29 Å². The van der Waals surface area contributed by atoms with Gasteiger partial charge >= 0.3 is 5.97 Å². The summed E-state index contributed by atoms with van der Waals surface area (Å²) < 4.78 is 1.41. The van der Waals surface area contributed by atoms with E-state index in [0.717, 1.165) is 11.3 Å². The quantitative estimate of drug-likeness (QED) is 0.814. The van der Waals surface area contributed by atoms with Crippen molar-refractivity contribution in [3.8, 4) is 5.69 Å². The van der Waals surface area contributed by atoms with Crippen LogP contribution in [0.15, 0.2) is 30.5 Å². The number of carbonyl (C=O) groups is 2. The molecule has 0 aliphatic rings. The van der Waals surface area contributed by atoms with E-state index in [1.807, 2.05) is 31.2 Å². The molecule has 0 aliphatic heterocycles. The van der Waals surface area contributed by atoms with Crippen molar-refractivity contribution in [1.82, 2.24) is 9.78 Å². The lowest BCUT2D eigenvalue weighted by atomic mass is 10.2. The zero-order chi connectivity index (χ0) is 12.4. The highest BCUT2D eigenvalue weighted by atomic mass is 16.4. The third-order valence-electron chi connectivity index (χ3n) is 2.43. The number of para-hydroxylation sites is 1. The standard InChI is InChI=1S/C12H10N2O3/c1-8-4-2-3-5-10(8)14-6-9(7-15)11(13-14)12(16)17/h2-7H,1H3,(H,16,17). The molecule has 0 radical (unpaired) electrons. The van der Waals surface area contributed by atoms with Crippen molar-refractivity contribution in [3.05, 3.63) is 47.3 Å². The van der Waals surface area contributed by atoms with Gasteiger partial charge in [-0.2, -0.15) is 5.10 Å². The lowest BCUT2D eigenvalue weighted by Crippen LogP contribution is -2.03. The van der Waals surface area contributed by atoms with Crippen LogP contribution in [0.1, 0.15) is 26.4 Å². The summed E-state index contributed by atoms with van der Waals surface area (Å²) in [4.78, 5) is 21.6. The molecule has 0 spiro atoms. The van der Waals surface area contributed by atoms with E-state index in [2.05, 4.69) is 5.10 Å². The van der Waals surface area contributed by atoms with E-state index in [1.165, 1.54) is 10.9 Å². The number of carboxylic acids is 1. The van der Waals surface area contributed by atoms with Crippen LogP contribution in [-0.4, -0.2) is 27.1 Å². The molecular formula is C12H10N2O3. The monoisotopic (exact) mass is 230 g/mol. The van der Waals surface area contributed by atoms with Crippen LogP contribution in [0.3, 0.4) is 0 Å². The fourth-order valence-electron chi connectivity index (χ4n) is 1.58. The minimum absolute atomic E-state index is 0.0701. The molecule has 0 saturated carbocycles. The number of aromatic carboxylic acids is 1. The third kappa shape index (κ3) is 1.94. The lowest BCUT2D eigenvalue weighted by molar-refractivity contribution is 0.0687. The summed E-state index contributed by atoms with van der Waals surface area (Å²) in [5.74, 6) is -1.21. The Bertz CT molecular complexity index is 587. The second kappa shape index (κ2) is 4.21. The van der Waals surface area contributed by atoms with Gasteiger partial charge in [0.2, 0.25) is 0 Å². The first kappa shape index (κ1) is 11.1. The maximum atomic E-state index is 10.9. The average molecular weight is 230 g/mol. The fourth-order valence-corrected chi connectivity index (χ4v) is 1.58. The largest absolute Gasteiger partial charge is 0.476 e. The Morgan fingerprint density at radius 3 is 2.65 bits per heavy atom. The smallest absolute Gasteiger partial charge is 0.357 e. The molecule has 0 aliphatic carbocycles. The van der Waals surface area contributed by atoms with Crippen molar-refractivity contribution >= 4 is 12.3 Å². The van der Waals surface area contributed by atoms with Gasteiger partial charge < -0.3 is 5.11 Å². The van der Waals surface area contributed by atoms with Gasteiger partial charge in [0.25, 0.3) is 0 Å². The van der Waals surface area contributed by atoms with E-state index in [-0.39, 0.29) is 11.3 Å². The van der Waals surface area contributed by atoms with Crippen molar-refractivity contribution < 1.29 is 14.7 Å². The van der Waals surface area contributed by atoms with Crippen LogP contribution in [0.4, 0.5) is 0 Å². The van der Waals surface area contributed by atoms with Crippen LogP contribution in [-0.2, 0) is 0 Å². The number of carboxylic acid groups (broad SMARTS) is 1. The fraction of sp³-hybridized carbons (Fsp3) is 0.0833. The van der Waals surface area contributed by atoms with Crippen LogP contribution >= 0.6 is 0 Å². The van der Waals surface area contributed by atoms with Gasteiger partial charge in [0.05, 0.1) is 11.3 Å². The lowest BCUT2D eigenvalue weighted by Gasteiger charge is -2.03. The summed E-state index contributed by atoms with van der Waals surface area (Å²) in [6.07, 6.45) is 1.91. The van der Waals surface area contributed by atoms with Gasteiger partial charge in [-0.1, -0.05) is 18.2 Å². The third-order valence-corrected chi connectivity index (χ3v) is 2.43. The van der Waals surface area contributed by atoms with E-state index in [4.69, 9.17) is 5.11 Å². The molecule has 86 valence electrons. The van der Waals surface area contributed by atoms with Crippen molar-refractivity contribution in [2.75, 3.05) is 0 Å². The highest BCUT2D eigenvalue weighted by Crippen LogP contribution is 2.15. The van der Waals surface area contributed by atoms with Gasteiger partial charge in [-0.3, -0.25) is 4.79 Å². The average Bonchev–Trinajstić information content (AvgIpc) is 2.73. The predicted octanol–water partition coefficient (Wildman–Crippen LogP) is 1.69. The van der Waals surface area contributed by atoms with E-state index >= 15 is 0 Å². The van der Waals surface area contributed by atoms with Crippen LogP contribution in [0.5, 0.6) is 0 Å². The Balaban J connectivity index is 2.58. The molecule has 0 saturated heterocycles. The van der Waals surface area contributed by atoms with Gasteiger partial charge in [-0.25, -0.2) is 9.48 Å². The molecule has 0 fully saturated rings. The maximum absolute atomic E-state index is 10.9. The predicted molar refractivity (Wildman–Crippen MR) is 60.6 cm³/mol. The topological polar surface area (TPSA) is 72.2 Å². The van der Waals surface area contributed by atoms with Crippen molar-refractivity contribution in [3.63, 3.8) is 0 Å². The minimum Gasteiger partial charge on any atom is -0.476 e. The zero-order valence-electron chi connectivity index (χ0n) is 9.12. The maximum Gasteiger partial charge on any atom is 0.357 e. The van der Waals surface area contributed by atoms with Gasteiger partial charge in [0, 0.05) is 6.20 Å². The number of aldehydes is 1. The van der Waals surface area contributed by atoms with Gasteiger partial charge in [-0.15, -0.1) is 0 Å². The molecule has 1 heterocycles. The Kier molecular flexibility index (Phi) is 2.74. The molecule has 1 aromatic heterocycles. The summed E-state index contributed by atoms with van der Waals surface area (Å²) in [7, 11) is 0. The molecule has 1 aromatic carbocycles. The first-order chi connectivity index (χ1) is 8.13. The van der Waals surface area contributed by atoms with Crippen LogP contribution in [0, 0.1) is 6.92 Å². The molecule has 0 unspecified atom stereocenters. The van der Waals surface area contributed by atoms with Gasteiger partial charge in [0.1, 0.15) is 0 Å². The summed E-state index contributed by atoms with van der Waals surface area (Å²) >= 11 is 0. The van der Waals surface area contributed by atoms with Crippen molar-refractivity contribution in [2.24, 2.45) is 0 Å². The van der Waals surface area contributed by atoms with Gasteiger partial charge in [-0.05, 0) is 18.6 Å². The van der Waals surface area contributed by atoms with Crippen LogP contribution in [0.25, 0.3) is 5.69 Å². The molecule has 17 heavy (non-hydrogen) atoms. The Morgan fingerprint density at radius 1 is 1.41 bits per heavy atom. The highest BCUT2D eigenvalue weighted by molar-refractivity contribution is 5.95. The molecule has 2 aromatic rings. The summed E-state index contributed by atoms with van der Waals surface area (Å²) in [6.45, 7) is 1.89. The highest BCUT2D eigenvalue weighted by Gasteiger charge is 2.16. The molecule has 0 amide bonds. The number of aromatic nitrogens is 2. The number of carbonyl (C=O) groups excluding carboxylic acids is 1.